The molecular weight excluding hydrogens is 307 g/mol. The largest absolute Gasteiger partial charge is 0.332 e. The number of carbonyl (C=O) groups excluding carboxylic acids is 1. The molecule has 2 heteroatoms. The fourth-order valence-electron chi connectivity index (χ4n) is 0.624. The van der Waals surface area contributed by atoms with Gasteiger partial charge in [0, 0.05) is 26.8 Å². The average Bonchev–Trinajstić information content (AvgIpc) is 1.90. The van der Waals surface area contributed by atoms with Crippen LogP contribution in [0, 0.1) is 6.92 Å². The number of Topliss-reactive ketones (excluding diaryl/α,β-unsaturated/α-hetero) is 1. The quantitative estimate of drug-likeness (QED) is 0.570. The van der Waals surface area contributed by atoms with Crippen molar-refractivity contribution in [3.8, 4) is 0 Å². The molecule has 0 heterocycles. The molecule has 56 valence electrons. The molecule has 0 aliphatic carbocycles. The van der Waals surface area contributed by atoms with E-state index >= 15 is 0 Å². The van der Waals surface area contributed by atoms with E-state index < -0.39 is 0 Å². The average molecular weight is 314 g/mol. The molecule has 0 saturated heterocycles. The van der Waals surface area contributed by atoms with Crippen molar-refractivity contribution >= 4 is 5.78 Å². The minimum atomic E-state index is -0.129. The summed E-state index contributed by atoms with van der Waals surface area (Å²) in [6, 6.07) is 8.99. The molecule has 0 fully saturated rings. The molecule has 0 aliphatic rings. The molecule has 0 bridgehead atoms. The standard InChI is InChI=1S/C8H7O.Pt/c1-7(9)8-5-3-2-4-6-8;/h2-6H,1H2;/q-1;. The van der Waals surface area contributed by atoms with Crippen LogP contribution < -0.4 is 0 Å². The number of ketones is 1. The Morgan fingerprint density at radius 3 is 2.00 bits per heavy atom. The van der Waals surface area contributed by atoms with Crippen molar-refractivity contribution in [3.05, 3.63) is 42.8 Å². The van der Waals surface area contributed by atoms with Gasteiger partial charge in [0.25, 0.3) is 0 Å². The van der Waals surface area contributed by atoms with E-state index in [9.17, 15) is 4.79 Å². The van der Waals surface area contributed by atoms with Crippen LogP contribution in [0.1, 0.15) is 10.4 Å². The molecule has 0 amide bonds. The van der Waals surface area contributed by atoms with E-state index in [4.69, 9.17) is 0 Å². The number of rotatable bonds is 1. The molecule has 0 unspecified atom stereocenters. The molecule has 10 heavy (non-hydrogen) atoms. The Bertz CT molecular complexity index is 206. The minimum absolute atomic E-state index is 0. The van der Waals surface area contributed by atoms with Gasteiger partial charge in [0.05, 0.1) is 0 Å². The summed E-state index contributed by atoms with van der Waals surface area (Å²) in [7, 11) is 0. The first-order valence-corrected chi connectivity index (χ1v) is 2.72. The van der Waals surface area contributed by atoms with E-state index in [2.05, 4.69) is 6.92 Å². The maximum absolute atomic E-state index is 10.5. The summed E-state index contributed by atoms with van der Waals surface area (Å²) < 4.78 is 0. The third-order valence-corrected chi connectivity index (χ3v) is 1.10. The molecule has 0 saturated carbocycles. The fourth-order valence-corrected chi connectivity index (χ4v) is 0.624. The SMILES string of the molecule is [CH2-]C(=O)c1ccccc1.[Pt]. The van der Waals surface area contributed by atoms with Crippen molar-refractivity contribution in [2.75, 3.05) is 0 Å². The van der Waals surface area contributed by atoms with E-state index in [1.807, 2.05) is 18.2 Å². The predicted molar refractivity (Wildman–Crippen MR) is 36.1 cm³/mol. The summed E-state index contributed by atoms with van der Waals surface area (Å²) >= 11 is 0. The number of benzene rings is 1. The molecule has 1 rings (SSSR count). The Kier molecular flexibility index (Phi) is 4.06. The number of hydrogen-bond donors (Lipinski definition) is 0. The van der Waals surface area contributed by atoms with Gasteiger partial charge in [-0.3, -0.25) is 0 Å². The van der Waals surface area contributed by atoms with E-state index in [1.54, 1.807) is 12.1 Å². The Morgan fingerprint density at radius 1 is 1.20 bits per heavy atom. The maximum Gasteiger partial charge on any atom is 0.0215 e. The van der Waals surface area contributed by atoms with Gasteiger partial charge in [0.15, 0.2) is 0 Å². The van der Waals surface area contributed by atoms with Crippen LogP contribution in [0.5, 0.6) is 0 Å². The Balaban J connectivity index is 0.000000810. The van der Waals surface area contributed by atoms with Crippen molar-refractivity contribution < 1.29 is 25.9 Å². The van der Waals surface area contributed by atoms with E-state index in [1.165, 1.54) is 0 Å². The minimum Gasteiger partial charge on any atom is -0.332 e. The van der Waals surface area contributed by atoms with Gasteiger partial charge in [-0.2, -0.15) is 6.92 Å². The van der Waals surface area contributed by atoms with Crippen molar-refractivity contribution in [3.63, 3.8) is 0 Å². The Labute approximate surface area is 74.7 Å². The van der Waals surface area contributed by atoms with Crippen LogP contribution in [-0.4, -0.2) is 5.78 Å². The zero-order valence-corrected chi connectivity index (χ0v) is 7.59. The fraction of sp³-hybridized carbons (Fsp3) is 0. The molecule has 0 N–H and O–H groups in total. The summed E-state index contributed by atoms with van der Waals surface area (Å²) in [4.78, 5) is 10.5. The summed E-state index contributed by atoms with van der Waals surface area (Å²) in [5.74, 6) is -0.129. The van der Waals surface area contributed by atoms with Crippen LogP contribution in [0.15, 0.2) is 30.3 Å². The topological polar surface area (TPSA) is 17.1 Å². The smallest absolute Gasteiger partial charge is 0.0215 e. The monoisotopic (exact) mass is 314 g/mol. The van der Waals surface area contributed by atoms with Gasteiger partial charge in [0.1, 0.15) is 0 Å². The van der Waals surface area contributed by atoms with Crippen LogP contribution in [0.25, 0.3) is 0 Å². The van der Waals surface area contributed by atoms with Crippen molar-refractivity contribution in [1.82, 2.24) is 0 Å². The van der Waals surface area contributed by atoms with Crippen molar-refractivity contribution in [2.24, 2.45) is 0 Å². The third-order valence-electron chi connectivity index (χ3n) is 1.10. The van der Waals surface area contributed by atoms with Crippen molar-refractivity contribution in [1.29, 1.82) is 0 Å². The second-order valence-electron chi connectivity index (χ2n) is 1.79. The van der Waals surface area contributed by atoms with Crippen LogP contribution in [0.4, 0.5) is 0 Å². The maximum atomic E-state index is 10.5. The molecular formula is C8H7OPt-. The molecule has 1 nitrogen and oxygen atoms in total. The first-order chi connectivity index (χ1) is 4.30. The van der Waals surface area contributed by atoms with Gasteiger partial charge in [0.2, 0.25) is 0 Å². The van der Waals surface area contributed by atoms with E-state index in [-0.39, 0.29) is 26.8 Å². The normalized spacial score (nSPS) is 8.00. The summed E-state index contributed by atoms with van der Waals surface area (Å²) in [6.07, 6.45) is 0. The molecule has 0 atom stereocenters. The summed E-state index contributed by atoms with van der Waals surface area (Å²) in [5.41, 5.74) is 0.664. The van der Waals surface area contributed by atoms with Crippen molar-refractivity contribution in [2.45, 2.75) is 0 Å². The summed E-state index contributed by atoms with van der Waals surface area (Å²) in [6.45, 7) is 3.27. The second kappa shape index (κ2) is 4.29. The first kappa shape index (κ1) is 9.45. The van der Waals surface area contributed by atoms with E-state index in [0.29, 0.717) is 5.56 Å². The van der Waals surface area contributed by atoms with Gasteiger partial charge in [-0.15, -0.1) is 17.7 Å². The van der Waals surface area contributed by atoms with Gasteiger partial charge >= 0.3 is 0 Å². The zero-order valence-electron chi connectivity index (χ0n) is 5.32. The Morgan fingerprint density at radius 2 is 1.70 bits per heavy atom. The number of hydrogen-bond acceptors (Lipinski definition) is 1. The van der Waals surface area contributed by atoms with Crippen LogP contribution in [-0.2, 0) is 21.1 Å². The first-order valence-electron chi connectivity index (χ1n) is 2.72. The molecule has 0 aliphatic heterocycles. The third kappa shape index (κ3) is 2.36. The van der Waals surface area contributed by atoms with Gasteiger partial charge in [-0.1, -0.05) is 18.2 Å². The molecule has 1 aromatic carbocycles. The molecule has 0 aromatic heterocycles. The van der Waals surface area contributed by atoms with Gasteiger partial charge in [-0.25, -0.2) is 0 Å². The summed E-state index contributed by atoms with van der Waals surface area (Å²) in [5, 5.41) is 0. The van der Waals surface area contributed by atoms with Gasteiger partial charge in [-0.05, 0) is 0 Å². The predicted octanol–water partition coefficient (Wildman–Crippen LogP) is 1.70. The van der Waals surface area contributed by atoms with Crippen LogP contribution in [0.3, 0.4) is 0 Å². The van der Waals surface area contributed by atoms with E-state index in [0.717, 1.165) is 0 Å². The molecule has 0 radical (unpaired) electrons. The zero-order chi connectivity index (χ0) is 6.69. The van der Waals surface area contributed by atoms with Crippen LogP contribution >= 0.6 is 0 Å². The number of carbonyl (C=O) groups is 1. The second-order valence-corrected chi connectivity index (χ2v) is 1.79. The molecule has 0 spiro atoms. The van der Waals surface area contributed by atoms with Gasteiger partial charge < -0.3 is 4.79 Å². The Hall–Kier alpha value is -0.552. The van der Waals surface area contributed by atoms with Crippen LogP contribution in [0.2, 0.25) is 0 Å². The molecule has 1 aromatic rings.